The molecule has 0 aliphatic rings. The Kier molecular flexibility index (Phi) is 4.18. The maximum atomic E-state index is 13.6. The van der Waals surface area contributed by atoms with Gasteiger partial charge in [0, 0.05) is 10.5 Å². The molecule has 2 rings (SSSR count). The average molecular weight is 293 g/mol. The van der Waals surface area contributed by atoms with E-state index >= 15 is 0 Å². The lowest BCUT2D eigenvalue weighted by atomic mass is 10.1. The lowest BCUT2D eigenvalue weighted by Crippen LogP contribution is -2.27. The van der Waals surface area contributed by atoms with Gasteiger partial charge in [-0.2, -0.15) is 0 Å². The van der Waals surface area contributed by atoms with Gasteiger partial charge < -0.3 is 9.73 Å². The summed E-state index contributed by atoms with van der Waals surface area (Å²) in [5, 5.41) is 2.76. The zero-order valence-corrected chi connectivity index (χ0v) is 12.4. The number of carbonyl (C=O) groups excluding carboxylic acids is 1. The van der Waals surface area contributed by atoms with Gasteiger partial charge >= 0.3 is 0 Å². The molecule has 0 saturated heterocycles. The summed E-state index contributed by atoms with van der Waals surface area (Å²) in [5.74, 6) is 0.498. The fourth-order valence-corrected chi connectivity index (χ4v) is 2.32. The van der Waals surface area contributed by atoms with Crippen molar-refractivity contribution < 1.29 is 13.6 Å². The van der Waals surface area contributed by atoms with Crippen LogP contribution in [0.1, 0.15) is 40.4 Å². The van der Waals surface area contributed by atoms with E-state index in [4.69, 9.17) is 4.42 Å². The Balaban J connectivity index is 2.19. The average Bonchev–Trinajstić information content (AvgIpc) is 2.71. The number of aryl methyl sites for hydroxylation is 2. The third-order valence-electron chi connectivity index (χ3n) is 3.09. The summed E-state index contributed by atoms with van der Waals surface area (Å²) in [5.41, 5.74) is 0.875. The first-order valence-corrected chi connectivity index (χ1v) is 6.69. The molecule has 0 aliphatic carbocycles. The minimum Gasteiger partial charge on any atom is -0.466 e. The predicted molar refractivity (Wildman–Crippen MR) is 77.7 cm³/mol. The van der Waals surface area contributed by atoms with E-state index < -0.39 is 11.7 Å². The number of hydrogen-bond acceptors (Lipinski definition) is 3. The first-order chi connectivity index (χ1) is 9.38. The molecule has 1 atom stereocenters. The van der Waals surface area contributed by atoms with Crippen molar-refractivity contribution in [1.29, 1.82) is 0 Å². The molecule has 0 fully saturated rings. The smallest absolute Gasteiger partial charge is 0.254 e. The molecular formula is C15H16FNO2S. The van der Waals surface area contributed by atoms with E-state index in [2.05, 4.69) is 17.9 Å². The molecule has 5 heteroatoms. The van der Waals surface area contributed by atoms with Crippen LogP contribution in [-0.4, -0.2) is 5.91 Å². The van der Waals surface area contributed by atoms with Crippen molar-refractivity contribution >= 4 is 18.5 Å². The Morgan fingerprint density at radius 2 is 2.05 bits per heavy atom. The summed E-state index contributed by atoms with van der Waals surface area (Å²) < 4.78 is 19.1. The molecule has 3 nitrogen and oxygen atoms in total. The van der Waals surface area contributed by atoms with E-state index in [1.165, 1.54) is 18.2 Å². The molecule has 20 heavy (non-hydrogen) atoms. The fourth-order valence-electron chi connectivity index (χ4n) is 2.12. The molecule has 1 unspecified atom stereocenters. The molecular weight excluding hydrogens is 277 g/mol. The van der Waals surface area contributed by atoms with Crippen LogP contribution < -0.4 is 5.32 Å². The predicted octanol–water partition coefficient (Wildman–Crippen LogP) is 3.82. The zero-order valence-electron chi connectivity index (χ0n) is 11.5. The molecule has 0 bridgehead atoms. The highest BCUT2D eigenvalue weighted by Gasteiger charge is 2.18. The van der Waals surface area contributed by atoms with Crippen molar-refractivity contribution in [3.05, 3.63) is 52.7 Å². The van der Waals surface area contributed by atoms with Gasteiger partial charge in [-0.1, -0.05) is 0 Å². The van der Waals surface area contributed by atoms with Crippen LogP contribution in [0.5, 0.6) is 0 Å². The maximum absolute atomic E-state index is 13.6. The van der Waals surface area contributed by atoms with Crippen LogP contribution in [0.2, 0.25) is 0 Å². The summed E-state index contributed by atoms with van der Waals surface area (Å²) in [6, 6.07) is 5.75. The highest BCUT2D eigenvalue weighted by molar-refractivity contribution is 7.80. The Morgan fingerprint density at radius 1 is 1.35 bits per heavy atom. The standard InChI is InChI=1S/C15H16FNO2S/c1-8-6-12(10(3)19-8)9(2)17-15(18)13-7-11(20)4-5-14(13)16/h4-7,9,20H,1-3H3,(H,17,18). The van der Waals surface area contributed by atoms with Crippen molar-refractivity contribution in [2.75, 3.05) is 0 Å². The number of halogens is 1. The van der Waals surface area contributed by atoms with Gasteiger partial charge in [0.2, 0.25) is 0 Å². The number of furan rings is 1. The van der Waals surface area contributed by atoms with Gasteiger partial charge in [-0.15, -0.1) is 12.6 Å². The SMILES string of the molecule is Cc1cc(C(C)NC(=O)c2cc(S)ccc2F)c(C)o1. The second-order valence-electron chi connectivity index (χ2n) is 4.73. The molecule has 0 radical (unpaired) electrons. The van der Waals surface area contributed by atoms with E-state index in [1.807, 2.05) is 26.8 Å². The first kappa shape index (κ1) is 14.7. The van der Waals surface area contributed by atoms with Gasteiger partial charge in [-0.3, -0.25) is 4.79 Å². The number of hydrogen-bond donors (Lipinski definition) is 2. The summed E-state index contributed by atoms with van der Waals surface area (Å²) in [6.45, 7) is 5.51. The molecule has 0 aliphatic heterocycles. The molecule has 1 amide bonds. The summed E-state index contributed by atoms with van der Waals surface area (Å²) in [7, 11) is 0. The van der Waals surface area contributed by atoms with Crippen LogP contribution in [0, 0.1) is 19.7 Å². The minimum atomic E-state index is -0.562. The first-order valence-electron chi connectivity index (χ1n) is 6.25. The van der Waals surface area contributed by atoms with E-state index in [9.17, 15) is 9.18 Å². The zero-order chi connectivity index (χ0) is 14.9. The van der Waals surface area contributed by atoms with Crippen molar-refractivity contribution in [1.82, 2.24) is 5.32 Å². The molecule has 1 N–H and O–H groups in total. The van der Waals surface area contributed by atoms with Gasteiger partial charge in [0.05, 0.1) is 11.6 Å². The largest absolute Gasteiger partial charge is 0.466 e. The normalized spacial score (nSPS) is 12.2. The van der Waals surface area contributed by atoms with Crippen LogP contribution >= 0.6 is 12.6 Å². The van der Waals surface area contributed by atoms with Crippen LogP contribution in [0.25, 0.3) is 0 Å². The minimum absolute atomic E-state index is 0.0118. The highest BCUT2D eigenvalue weighted by atomic mass is 32.1. The molecule has 106 valence electrons. The monoisotopic (exact) mass is 293 g/mol. The Labute approximate surface area is 122 Å². The van der Waals surface area contributed by atoms with E-state index in [1.54, 1.807) is 0 Å². The number of thiol groups is 1. The van der Waals surface area contributed by atoms with E-state index in [-0.39, 0.29) is 11.6 Å². The topological polar surface area (TPSA) is 42.2 Å². The van der Waals surface area contributed by atoms with Crippen molar-refractivity contribution in [3.63, 3.8) is 0 Å². The molecule has 0 spiro atoms. The summed E-state index contributed by atoms with van der Waals surface area (Å²) in [4.78, 5) is 12.6. The second-order valence-corrected chi connectivity index (χ2v) is 5.24. The summed E-state index contributed by atoms with van der Waals surface area (Å²) in [6.07, 6.45) is 0. The number of nitrogens with one attached hydrogen (secondary N) is 1. The Bertz CT molecular complexity index is 651. The maximum Gasteiger partial charge on any atom is 0.254 e. The fraction of sp³-hybridized carbons (Fsp3) is 0.267. The second kappa shape index (κ2) is 5.71. The molecule has 1 heterocycles. The van der Waals surface area contributed by atoms with Gasteiger partial charge in [0.25, 0.3) is 5.91 Å². The number of amides is 1. The molecule has 2 aromatic rings. The van der Waals surface area contributed by atoms with Gasteiger partial charge in [0.15, 0.2) is 0 Å². The van der Waals surface area contributed by atoms with Crippen LogP contribution in [-0.2, 0) is 0 Å². The van der Waals surface area contributed by atoms with Crippen molar-refractivity contribution in [3.8, 4) is 0 Å². The molecule has 1 aromatic heterocycles. The third kappa shape index (κ3) is 3.04. The van der Waals surface area contributed by atoms with E-state index in [0.29, 0.717) is 4.90 Å². The number of rotatable bonds is 3. The van der Waals surface area contributed by atoms with E-state index in [0.717, 1.165) is 17.1 Å². The van der Waals surface area contributed by atoms with Gasteiger partial charge in [-0.05, 0) is 45.0 Å². The molecule has 0 saturated carbocycles. The Hall–Kier alpha value is -1.75. The lowest BCUT2D eigenvalue weighted by molar-refractivity contribution is 0.0935. The van der Waals surface area contributed by atoms with Crippen LogP contribution in [0.4, 0.5) is 4.39 Å². The lowest BCUT2D eigenvalue weighted by Gasteiger charge is -2.13. The van der Waals surface area contributed by atoms with Crippen LogP contribution in [0.15, 0.2) is 33.6 Å². The van der Waals surface area contributed by atoms with Crippen molar-refractivity contribution in [2.24, 2.45) is 0 Å². The Morgan fingerprint density at radius 3 is 2.65 bits per heavy atom. The summed E-state index contributed by atoms with van der Waals surface area (Å²) >= 11 is 4.11. The van der Waals surface area contributed by atoms with Gasteiger partial charge in [0.1, 0.15) is 17.3 Å². The highest BCUT2D eigenvalue weighted by Crippen LogP contribution is 2.22. The van der Waals surface area contributed by atoms with Crippen molar-refractivity contribution in [2.45, 2.75) is 31.7 Å². The third-order valence-corrected chi connectivity index (χ3v) is 3.37. The van der Waals surface area contributed by atoms with Crippen LogP contribution in [0.3, 0.4) is 0 Å². The number of carbonyl (C=O) groups is 1. The van der Waals surface area contributed by atoms with Gasteiger partial charge in [-0.25, -0.2) is 4.39 Å². The number of benzene rings is 1. The quantitative estimate of drug-likeness (QED) is 0.845. The molecule has 1 aromatic carbocycles.